The van der Waals surface area contributed by atoms with Crippen molar-refractivity contribution in [2.24, 2.45) is 0 Å². The molecule has 100 valence electrons. The number of carbonyl (C=O) groups is 1. The molecule has 6 heteroatoms. The summed E-state index contributed by atoms with van der Waals surface area (Å²) in [4.78, 5) is 24.0. The van der Waals surface area contributed by atoms with Gasteiger partial charge in [0, 0.05) is 16.5 Å². The first-order valence-corrected chi connectivity index (χ1v) is 6.90. The number of carboxylic acid groups (broad SMARTS) is 1. The molecule has 3 rings (SSSR count). The van der Waals surface area contributed by atoms with Crippen molar-refractivity contribution in [1.82, 2.24) is 4.57 Å². The number of pyridine rings is 1. The fourth-order valence-electron chi connectivity index (χ4n) is 1.97. The number of hydrogen-bond acceptors (Lipinski definition) is 3. The molecular formula is C14H8ClNO3S. The Balaban J connectivity index is 2.33. The summed E-state index contributed by atoms with van der Waals surface area (Å²) >= 11 is 6.92. The summed E-state index contributed by atoms with van der Waals surface area (Å²) in [6.45, 7) is 0. The van der Waals surface area contributed by atoms with Crippen molar-refractivity contribution >= 4 is 39.1 Å². The average molecular weight is 306 g/mol. The lowest BCUT2D eigenvalue weighted by Gasteiger charge is -2.06. The lowest BCUT2D eigenvalue weighted by Crippen LogP contribution is -2.16. The lowest BCUT2D eigenvalue weighted by molar-refractivity contribution is 0.0702. The molecule has 1 aromatic carbocycles. The van der Waals surface area contributed by atoms with Crippen LogP contribution in [0.2, 0.25) is 5.02 Å². The largest absolute Gasteiger partial charge is 0.477 e. The van der Waals surface area contributed by atoms with Crippen LogP contribution in [0.25, 0.3) is 15.9 Å². The Morgan fingerprint density at radius 3 is 2.50 bits per heavy atom. The van der Waals surface area contributed by atoms with Crippen LogP contribution in [0.1, 0.15) is 9.67 Å². The number of hydrogen-bond donors (Lipinski definition) is 1. The molecule has 0 aliphatic heterocycles. The summed E-state index contributed by atoms with van der Waals surface area (Å²) in [7, 11) is 0. The van der Waals surface area contributed by atoms with Crippen molar-refractivity contribution in [3.8, 4) is 5.69 Å². The van der Waals surface area contributed by atoms with Crippen molar-refractivity contribution in [3.05, 3.63) is 62.7 Å². The predicted octanol–water partition coefficient (Wildman–Crippen LogP) is 3.40. The van der Waals surface area contributed by atoms with Crippen LogP contribution in [0.4, 0.5) is 0 Å². The van der Waals surface area contributed by atoms with E-state index >= 15 is 0 Å². The molecule has 3 aromatic rings. The Morgan fingerprint density at radius 2 is 1.85 bits per heavy atom. The van der Waals surface area contributed by atoms with Gasteiger partial charge in [0.1, 0.15) is 9.71 Å². The molecule has 2 aromatic heterocycles. The van der Waals surface area contributed by atoms with E-state index < -0.39 is 5.97 Å². The first kappa shape index (κ1) is 12.9. The smallest absolute Gasteiger partial charge is 0.345 e. The van der Waals surface area contributed by atoms with Crippen molar-refractivity contribution in [3.63, 3.8) is 0 Å². The van der Waals surface area contributed by atoms with Gasteiger partial charge < -0.3 is 5.11 Å². The van der Waals surface area contributed by atoms with Crippen LogP contribution in [0.5, 0.6) is 0 Å². The van der Waals surface area contributed by atoms with Crippen LogP contribution < -0.4 is 5.56 Å². The van der Waals surface area contributed by atoms with Gasteiger partial charge in [0.05, 0.1) is 5.69 Å². The third kappa shape index (κ3) is 2.11. The van der Waals surface area contributed by atoms with E-state index in [4.69, 9.17) is 16.7 Å². The molecular weight excluding hydrogens is 298 g/mol. The second-order valence-electron chi connectivity index (χ2n) is 4.16. The molecule has 0 fully saturated rings. The number of fused-ring (bicyclic) bond motifs is 1. The maximum atomic E-state index is 12.1. The van der Waals surface area contributed by atoms with E-state index in [9.17, 15) is 9.59 Å². The van der Waals surface area contributed by atoms with E-state index in [-0.39, 0.29) is 10.4 Å². The summed E-state index contributed by atoms with van der Waals surface area (Å²) in [5.41, 5.74) is 0.447. The summed E-state index contributed by atoms with van der Waals surface area (Å²) in [6.07, 6.45) is 0. The maximum absolute atomic E-state index is 12.1. The zero-order valence-electron chi connectivity index (χ0n) is 10.0. The molecule has 0 saturated heterocycles. The Labute approximate surface area is 122 Å². The Hall–Kier alpha value is -2.11. The number of carboxylic acids is 1. The number of aromatic carboxylic acids is 1. The fourth-order valence-corrected chi connectivity index (χ4v) is 3.10. The second-order valence-corrected chi connectivity index (χ2v) is 5.63. The van der Waals surface area contributed by atoms with Gasteiger partial charge in [0.2, 0.25) is 0 Å². The van der Waals surface area contributed by atoms with Crippen LogP contribution >= 0.6 is 22.9 Å². The number of halogens is 1. The Morgan fingerprint density at radius 1 is 1.15 bits per heavy atom. The number of nitrogens with zero attached hydrogens (tertiary/aromatic N) is 1. The zero-order chi connectivity index (χ0) is 14.3. The van der Waals surface area contributed by atoms with Gasteiger partial charge in [0.25, 0.3) is 5.56 Å². The van der Waals surface area contributed by atoms with Gasteiger partial charge >= 0.3 is 5.97 Å². The van der Waals surface area contributed by atoms with Crippen LogP contribution in [0.3, 0.4) is 0 Å². The molecule has 0 aliphatic carbocycles. The highest BCUT2D eigenvalue weighted by Gasteiger charge is 2.13. The van der Waals surface area contributed by atoms with Gasteiger partial charge in [-0.1, -0.05) is 11.6 Å². The van der Waals surface area contributed by atoms with Crippen molar-refractivity contribution in [2.45, 2.75) is 0 Å². The van der Waals surface area contributed by atoms with Crippen molar-refractivity contribution in [2.75, 3.05) is 0 Å². The highest BCUT2D eigenvalue weighted by atomic mass is 35.5. The van der Waals surface area contributed by atoms with Crippen LogP contribution in [0, 0.1) is 0 Å². The minimum absolute atomic E-state index is 0.202. The highest BCUT2D eigenvalue weighted by molar-refractivity contribution is 7.20. The van der Waals surface area contributed by atoms with Gasteiger partial charge in [-0.25, -0.2) is 4.79 Å². The number of aromatic nitrogens is 1. The molecule has 2 heterocycles. The van der Waals surface area contributed by atoms with E-state index in [2.05, 4.69) is 0 Å². The average Bonchev–Trinajstić information content (AvgIpc) is 2.84. The molecule has 0 unspecified atom stereocenters. The standard InChI is InChI=1S/C14H8ClNO3S/c15-9-2-4-10(5-3-9)16-12(17)6-1-8-7-11(14(18)19)20-13(8)16/h1-7H,(H,18,19). The topological polar surface area (TPSA) is 59.3 Å². The summed E-state index contributed by atoms with van der Waals surface area (Å²) in [5.74, 6) is -0.999. The second kappa shape index (κ2) is 4.77. The summed E-state index contributed by atoms with van der Waals surface area (Å²) < 4.78 is 1.49. The van der Waals surface area contributed by atoms with E-state index in [1.165, 1.54) is 10.6 Å². The predicted molar refractivity (Wildman–Crippen MR) is 79.4 cm³/mol. The van der Waals surface area contributed by atoms with Crippen molar-refractivity contribution < 1.29 is 9.90 Å². The summed E-state index contributed by atoms with van der Waals surface area (Å²) in [5, 5.41) is 10.4. The minimum atomic E-state index is -0.999. The van der Waals surface area contributed by atoms with Crippen LogP contribution in [0.15, 0.2) is 47.3 Å². The van der Waals surface area contributed by atoms with E-state index in [1.807, 2.05) is 0 Å². The highest BCUT2D eigenvalue weighted by Crippen LogP contribution is 2.26. The first-order valence-electron chi connectivity index (χ1n) is 5.71. The first-order chi connectivity index (χ1) is 9.56. The van der Waals surface area contributed by atoms with E-state index in [0.29, 0.717) is 15.5 Å². The van der Waals surface area contributed by atoms with Gasteiger partial charge in [-0.3, -0.25) is 9.36 Å². The Bertz CT molecular complexity index is 864. The number of rotatable bonds is 2. The quantitative estimate of drug-likeness (QED) is 0.789. The SMILES string of the molecule is O=C(O)c1cc2ccc(=O)n(-c3ccc(Cl)cc3)c2s1. The van der Waals surface area contributed by atoms with Gasteiger partial charge in [0.15, 0.2) is 0 Å². The molecule has 1 N–H and O–H groups in total. The lowest BCUT2D eigenvalue weighted by atomic mass is 10.2. The van der Waals surface area contributed by atoms with Gasteiger partial charge in [-0.15, -0.1) is 11.3 Å². The molecule has 0 saturated carbocycles. The van der Waals surface area contributed by atoms with E-state index in [1.54, 1.807) is 36.4 Å². The molecule has 0 spiro atoms. The van der Waals surface area contributed by atoms with Gasteiger partial charge in [-0.05, 0) is 36.4 Å². The molecule has 0 bridgehead atoms. The van der Waals surface area contributed by atoms with Crippen LogP contribution in [-0.4, -0.2) is 15.6 Å². The molecule has 0 atom stereocenters. The third-order valence-electron chi connectivity index (χ3n) is 2.86. The monoisotopic (exact) mass is 305 g/mol. The fraction of sp³-hybridized carbons (Fsp3) is 0. The minimum Gasteiger partial charge on any atom is -0.477 e. The normalized spacial score (nSPS) is 10.8. The number of benzene rings is 1. The third-order valence-corrected chi connectivity index (χ3v) is 4.24. The molecule has 4 nitrogen and oxygen atoms in total. The molecule has 0 radical (unpaired) electrons. The molecule has 20 heavy (non-hydrogen) atoms. The molecule has 0 amide bonds. The number of thiophene rings is 1. The Kier molecular flexibility index (Phi) is 3.08. The van der Waals surface area contributed by atoms with Crippen molar-refractivity contribution in [1.29, 1.82) is 0 Å². The molecule has 0 aliphatic rings. The van der Waals surface area contributed by atoms with Gasteiger partial charge in [-0.2, -0.15) is 0 Å². The van der Waals surface area contributed by atoms with Crippen LogP contribution in [-0.2, 0) is 0 Å². The maximum Gasteiger partial charge on any atom is 0.345 e. The summed E-state index contributed by atoms with van der Waals surface area (Å²) in [6, 6.07) is 11.4. The zero-order valence-corrected chi connectivity index (χ0v) is 11.6. The van der Waals surface area contributed by atoms with E-state index in [0.717, 1.165) is 16.7 Å².